The van der Waals surface area contributed by atoms with Crippen LogP contribution in [0.3, 0.4) is 0 Å². The van der Waals surface area contributed by atoms with Gasteiger partial charge in [-0.3, -0.25) is 9.59 Å². The summed E-state index contributed by atoms with van der Waals surface area (Å²) < 4.78 is 28.0. The minimum absolute atomic E-state index is 0.0201. The Labute approximate surface area is 189 Å². The standard InChI is InChI=1S/C24H29N3O4S/c1-17-6-9-20(10-7-17)25-23(28)16-26-22-12-11-21(15-19(22)8-13-24(26)29)32(30,31)27-14-4-3-5-18(27)2/h6-7,9-12,15,18H,3-5,8,13-14,16H2,1-2H3,(H,25,28)/t18-/m0/s1. The van der Waals surface area contributed by atoms with Gasteiger partial charge >= 0.3 is 0 Å². The first kappa shape index (κ1) is 22.5. The van der Waals surface area contributed by atoms with Gasteiger partial charge in [0.25, 0.3) is 0 Å². The van der Waals surface area contributed by atoms with Gasteiger partial charge in [-0.25, -0.2) is 8.42 Å². The highest BCUT2D eigenvalue weighted by atomic mass is 32.2. The molecule has 0 aliphatic carbocycles. The van der Waals surface area contributed by atoms with Crippen molar-refractivity contribution >= 4 is 33.2 Å². The van der Waals surface area contributed by atoms with Crippen molar-refractivity contribution in [2.45, 2.75) is 56.9 Å². The number of carbonyl (C=O) groups excluding carboxylic acids is 2. The molecule has 8 heteroatoms. The molecule has 1 N–H and O–H groups in total. The van der Waals surface area contributed by atoms with Gasteiger partial charge in [0.05, 0.1) is 4.90 Å². The van der Waals surface area contributed by atoms with Crippen LogP contribution >= 0.6 is 0 Å². The Morgan fingerprint density at radius 2 is 1.84 bits per heavy atom. The lowest BCUT2D eigenvalue weighted by molar-refractivity contribution is -0.121. The number of aryl methyl sites for hydroxylation is 2. The number of nitrogens with one attached hydrogen (secondary N) is 1. The van der Waals surface area contributed by atoms with Gasteiger partial charge in [0.15, 0.2) is 0 Å². The third-order valence-corrected chi connectivity index (χ3v) is 8.25. The van der Waals surface area contributed by atoms with E-state index >= 15 is 0 Å². The maximum Gasteiger partial charge on any atom is 0.244 e. The summed E-state index contributed by atoms with van der Waals surface area (Å²) in [6.07, 6.45) is 3.48. The average molecular weight is 456 g/mol. The smallest absolute Gasteiger partial charge is 0.244 e. The molecule has 2 amide bonds. The van der Waals surface area contributed by atoms with Crippen LogP contribution in [-0.2, 0) is 26.0 Å². The Balaban J connectivity index is 1.55. The van der Waals surface area contributed by atoms with Crippen molar-refractivity contribution in [1.29, 1.82) is 0 Å². The summed E-state index contributed by atoms with van der Waals surface area (Å²) in [6.45, 7) is 4.33. The van der Waals surface area contributed by atoms with Gasteiger partial charge in [0.1, 0.15) is 6.54 Å². The van der Waals surface area contributed by atoms with Crippen LogP contribution in [0.1, 0.15) is 43.7 Å². The summed E-state index contributed by atoms with van der Waals surface area (Å²) in [5.74, 6) is -0.439. The van der Waals surface area contributed by atoms with E-state index in [4.69, 9.17) is 0 Å². The molecule has 0 aromatic heterocycles. The summed E-state index contributed by atoms with van der Waals surface area (Å²) in [7, 11) is -3.59. The van der Waals surface area contributed by atoms with Gasteiger partial charge in [0.2, 0.25) is 21.8 Å². The minimum Gasteiger partial charge on any atom is -0.325 e. The molecule has 2 heterocycles. The fourth-order valence-electron chi connectivity index (χ4n) is 4.42. The van der Waals surface area contributed by atoms with E-state index in [0.29, 0.717) is 24.3 Å². The first-order chi connectivity index (χ1) is 15.3. The molecule has 1 fully saturated rings. The summed E-state index contributed by atoms with van der Waals surface area (Å²) in [5.41, 5.74) is 3.14. The van der Waals surface area contributed by atoms with E-state index in [1.54, 1.807) is 22.5 Å². The number of piperidine rings is 1. The van der Waals surface area contributed by atoms with Crippen LogP contribution in [0.4, 0.5) is 11.4 Å². The van der Waals surface area contributed by atoms with Crippen molar-refractivity contribution in [2.75, 3.05) is 23.3 Å². The third-order valence-electron chi connectivity index (χ3n) is 6.24. The lowest BCUT2D eigenvalue weighted by atomic mass is 10.0. The quantitative estimate of drug-likeness (QED) is 0.748. The van der Waals surface area contributed by atoms with E-state index in [1.807, 2.05) is 38.1 Å². The van der Waals surface area contributed by atoms with Crippen LogP contribution in [0.25, 0.3) is 0 Å². The first-order valence-corrected chi connectivity index (χ1v) is 12.5. The second-order valence-corrected chi connectivity index (χ2v) is 10.5. The number of benzene rings is 2. The second kappa shape index (κ2) is 9.03. The number of hydrogen-bond donors (Lipinski definition) is 1. The van der Waals surface area contributed by atoms with Crippen LogP contribution in [0.15, 0.2) is 47.4 Å². The van der Waals surface area contributed by atoms with Crippen molar-refractivity contribution in [3.05, 3.63) is 53.6 Å². The van der Waals surface area contributed by atoms with Gasteiger partial charge in [0, 0.05) is 30.4 Å². The van der Waals surface area contributed by atoms with Crippen molar-refractivity contribution in [3.8, 4) is 0 Å². The van der Waals surface area contributed by atoms with E-state index in [0.717, 1.165) is 30.4 Å². The Kier molecular flexibility index (Phi) is 6.35. The topological polar surface area (TPSA) is 86.8 Å². The lowest BCUT2D eigenvalue weighted by Crippen LogP contribution is -2.42. The summed E-state index contributed by atoms with van der Waals surface area (Å²) in [4.78, 5) is 26.9. The normalized spacial score (nSPS) is 19.5. The van der Waals surface area contributed by atoms with Gasteiger partial charge in [-0.1, -0.05) is 24.1 Å². The Morgan fingerprint density at radius 3 is 2.56 bits per heavy atom. The van der Waals surface area contributed by atoms with E-state index in [-0.39, 0.29) is 35.7 Å². The highest BCUT2D eigenvalue weighted by molar-refractivity contribution is 7.89. The van der Waals surface area contributed by atoms with E-state index in [1.165, 1.54) is 4.90 Å². The van der Waals surface area contributed by atoms with Crippen LogP contribution in [-0.4, -0.2) is 43.7 Å². The fourth-order valence-corrected chi connectivity index (χ4v) is 6.17. The molecule has 2 aliphatic heterocycles. The van der Waals surface area contributed by atoms with Crippen molar-refractivity contribution < 1.29 is 18.0 Å². The van der Waals surface area contributed by atoms with Gasteiger partial charge in [-0.2, -0.15) is 4.31 Å². The second-order valence-electron chi connectivity index (χ2n) is 8.65. The average Bonchev–Trinajstić information content (AvgIpc) is 2.77. The highest BCUT2D eigenvalue weighted by Gasteiger charge is 2.33. The molecule has 7 nitrogen and oxygen atoms in total. The SMILES string of the molecule is Cc1ccc(NC(=O)CN2C(=O)CCc3cc(S(=O)(=O)N4CCCC[C@@H]4C)ccc32)cc1. The predicted molar refractivity (Wildman–Crippen MR) is 124 cm³/mol. The zero-order chi connectivity index (χ0) is 22.9. The number of amides is 2. The van der Waals surface area contributed by atoms with E-state index < -0.39 is 10.0 Å². The molecule has 2 aliphatic rings. The number of fused-ring (bicyclic) bond motifs is 1. The Hall–Kier alpha value is -2.71. The Morgan fingerprint density at radius 1 is 1.09 bits per heavy atom. The number of carbonyl (C=O) groups is 2. The molecule has 170 valence electrons. The number of hydrogen-bond acceptors (Lipinski definition) is 4. The molecule has 0 saturated carbocycles. The summed E-state index contributed by atoms with van der Waals surface area (Å²) >= 11 is 0. The van der Waals surface area contributed by atoms with E-state index in [2.05, 4.69) is 5.32 Å². The summed E-state index contributed by atoms with van der Waals surface area (Å²) in [6, 6.07) is 12.3. The zero-order valence-electron chi connectivity index (χ0n) is 18.5. The molecule has 1 atom stereocenters. The van der Waals surface area contributed by atoms with Crippen LogP contribution in [0.2, 0.25) is 0 Å². The van der Waals surface area contributed by atoms with Gasteiger partial charge in [-0.15, -0.1) is 0 Å². The van der Waals surface area contributed by atoms with Crippen molar-refractivity contribution in [2.24, 2.45) is 0 Å². The Bertz CT molecular complexity index is 1130. The minimum atomic E-state index is -3.59. The van der Waals surface area contributed by atoms with Crippen molar-refractivity contribution in [1.82, 2.24) is 4.31 Å². The first-order valence-electron chi connectivity index (χ1n) is 11.1. The monoisotopic (exact) mass is 455 g/mol. The molecule has 1 saturated heterocycles. The van der Waals surface area contributed by atoms with Crippen molar-refractivity contribution in [3.63, 3.8) is 0 Å². The fraction of sp³-hybridized carbons (Fsp3) is 0.417. The molecule has 32 heavy (non-hydrogen) atoms. The number of rotatable bonds is 5. The highest BCUT2D eigenvalue weighted by Crippen LogP contribution is 2.32. The molecule has 0 spiro atoms. The molecule has 2 aromatic carbocycles. The van der Waals surface area contributed by atoms with Gasteiger partial charge < -0.3 is 10.2 Å². The third kappa shape index (κ3) is 4.56. The van der Waals surface area contributed by atoms with Crippen LogP contribution in [0.5, 0.6) is 0 Å². The molecule has 0 bridgehead atoms. The molecule has 2 aromatic rings. The number of sulfonamides is 1. The molecular weight excluding hydrogens is 426 g/mol. The lowest BCUT2D eigenvalue weighted by Gasteiger charge is -2.33. The molecule has 0 radical (unpaired) electrons. The number of anilines is 2. The van der Waals surface area contributed by atoms with E-state index in [9.17, 15) is 18.0 Å². The summed E-state index contributed by atoms with van der Waals surface area (Å²) in [5, 5.41) is 2.82. The maximum atomic E-state index is 13.2. The van der Waals surface area contributed by atoms with Crippen LogP contribution < -0.4 is 10.2 Å². The molecular formula is C24H29N3O4S. The van der Waals surface area contributed by atoms with Gasteiger partial charge in [-0.05, 0) is 69.0 Å². The molecule has 4 rings (SSSR count). The maximum absolute atomic E-state index is 13.2. The number of nitrogens with zero attached hydrogens (tertiary/aromatic N) is 2. The van der Waals surface area contributed by atoms with Crippen LogP contribution in [0, 0.1) is 6.92 Å². The zero-order valence-corrected chi connectivity index (χ0v) is 19.3. The predicted octanol–water partition coefficient (Wildman–Crippen LogP) is 3.48. The molecule has 0 unspecified atom stereocenters. The largest absolute Gasteiger partial charge is 0.325 e.